The van der Waals surface area contributed by atoms with Crippen molar-refractivity contribution in [1.29, 1.82) is 0 Å². The Kier molecular flexibility index (Phi) is 4.31. The molecule has 0 radical (unpaired) electrons. The second kappa shape index (κ2) is 6.35. The molecule has 2 N–H and O–H groups in total. The Morgan fingerprint density at radius 2 is 2.04 bits per heavy atom. The highest BCUT2D eigenvalue weighted by molar-refractivity contribution is 8.01. The standard InChI is InChI=1S/C16H16F3N3OS2/c17-16(18,19)11-7-9-12(14(23)21-11)15(24-8-3-1-2-4-8)25-13(9)10-5-6-20-22-10/h5-6,8,11H,1-4,7H2,(H,20,22)(H,21,23). The molecule has 1 amide bonds. The number of hydrogen-bond acceptors (Lipinski definition) is 4. The van der Waals surface area contributed by atoms with Crippen molar-refractivity contribution in [3.8, 4) is 10.6 Å². The lowest BCUT2D eigenvalue weighted by molar-refractivity contribution is -0.153. The molecule has 1 fully saturated rings. The molecule has 0 aromatic carbocycles. The highest BCUT2D eigenvalue weighted by Crippen LogP contribution is 2.47. The van der Waals surface area contributed by atoms with Crippen LogP contribution in [0.2, 0.25) is 0 Å². The fourth-order valence-corrected chi connectivity index (χ4v) is 6.48. The molecule has 3 heterocycles. The number of fused-ring (bicyclic) bond motifs is 1. The maximum Gasteiger partial charge on any atom is 0.408 e. The highest BCUT2D eigenvalue weighted by atomic mass is 32.2. The van der Waals surface area contributed by atoms with Crippen LogP contribution < -0.4 is 5.32 Å². The molecule has 1 atom stereocenters. The van der Waals surface area contributed by atoms with Crippen molar-refractivity contribution in [3.63, 3.8) is 0 Å². The summed E-state index contributed by atoms with van der Waals surface area (Å²) in [5.74, 6) is -0.619. The second-order valence-electron chi connectivity index (χ2n) is 6.34. The van der Waals surface area contributed by atoms with Crippen molar-refractivity contribution in [2.75, 3.05) is 0 Å². The maximum absolute atomic E-state index is 13.2. The van der Waals surface area contributed by atoms with Gasteiger partial charge in [-0.05, 0) is 24.5 Å². The zero-order valence-corrected chi connectivity index (χ0v) is 14.8. The van der Waals surface area contributed by atoms with Crippen molar-refractivity contribution in [2.45, 2.75) is 53.8 Å². The van der Waals surface area contributed by atoms with Crippen molar-refractivity contribution in [1.82, 2.24) is 15.5 Å². The van der Waals surface area contributed by atoms with E-state index in [0.717, 1.165) is 17.1 Å². The number of aromatic nitrogens is 2. The van der Waals surface area contributed by atoms with Gasteiger partial charge in [0, 0.05) is 17.9 Å². The smallest absolute Gasteiger partial charge is 0.340 e. The average Bonchev–Trinajstić information content (AvgIpc) is 3.27. The number of aromatic amines is 1. The van der Waals surface area contributed by atoms with Crippen LogP contribution in [-0.4, -0.2) is 33.6 Å². The summed E-state index contributed by atoms with van der Waals surface area (Å²) in [5.41, 5.74) is 1.57. The SMILES string of the molecule is O=C1NC(C(F)(F)F)Cc2c(-c3ccn[nH]3)sc(SC3CCCC3)c21. The molecule has 134 valence electrons. The monoisotopic (exact) mass is 387 g/mol. The number of hydrogen-bond donors (Lipinski definition) is 2. The third-order valence-corrected chi connectivity index (χ3v) is 7.45. The van der Waals surface area contributed by atoms with Crippen LogP contribution in [0.4, 0.5) is 13.2 Å². The van der Waals surface area contributed by atoms with Gasteiger partial charge in [-0.25, -0.2) is 0 Å². The quantitative estimate of drug-likeness (QED) is 0.821. The van der Waals surface area contributed by atoms with E-state index in [-0.39, 0.29) is 6.42 Å². The van der Waals surface area contributed by atoms with E-state index in [1.54, 1.807) is 24.0 Å². The lowest BCUT2D eigenvalue weighted by Gasteiger charge is -2.27. The van der Waals surface area contributed by atoms with Crippen molar-refractivity contribution in [2.24, 2.45) is 0 Å². The van der Waals surface area contributed by atoms with Crippen molar-refractivity contribution < 1.29 is 18.0 Å². The predicted octanol–water partition coefficient (Wildman–Crippen LogP) is 4.39. The summed E-state index contributed by atoms with van der Waals surface area (Å²) in [7, 11) is 0. The summed E-state index contributed by atoms with van der Waals surface area (Å²) >= 11 is 3.04. The zero-order valence-electron chi connectivity index (χ0n) is 13.2. The Hall–Kier alpha value is -1.48. The van der Waals surface area contributed by atoms with E-state index in [0.29, 0.717) is 26.9 Å². The highest BCUT2D eigenvalue weighted by Gasteiger charge is 2.46. The van der Waals surface area contributed by atoms with E-state index in [9.17, 15) is 18.0 Å². The molecule has 2 aromatic rings. The first-order valence-electron chi connectivity index (χ1n) is 8.13. The summed E-state index contributed by atoms with van der Waals surface area (Å²) in [6.45, 7) is 0. The topological polar surface area (TPSA) is 57.8 Å². The first-order chi connectivity index (χ1) is 11.9. The molecule has 4 nitrogen and oxygen atoms in total. The van der Waals surface area contributed by atoms with Crippen LogP contribution in [0.1, 0.15) is 41.6 Å². The Labute approximate surface area is 150 Å². The molecule has 0 bridgehead atoms. The molecule has 0 saturated heterocycles. The molecule has 2 aliphatic rings. The molecule has 1 unspecified atom stereocenters. The number of nitrogens with zero attached hydrogens (tertiary/aromatic N) is 1. The van der Waals surface area contributed by atoms with Gasteiger partial charge in [-0.2, -0.15) is 18.3 Å². The van der Waals surface area contributed by atoms with E-state index >= 15 is 0 Å². The van der Waals surface area contributed by atoms with Gasteiger partial charge in [0.25, 0.3) is 5.91 Å². The predicted molar refractivity (Wildman–Crippen MR) is 91.0 cm³/mol. The van der Waals surface area contributed by atoms with Gasteiger partial charge in [0.05, 0.1) is 20.3 Å². The summed E-state index contributed by atoms with van der Waals surface area (Å²) in [5, 5.41) is 9.29. The third-order valence-electron chi connectivity index (χ3n) is 4.63. The molecule has 1 aliphatic heterocycles. The van der Waals surface area contributed by atoms with Crippen molar-refractivity contribution >= 4 is 29.0 Å². The first kappa shape index (κ1) is 17.0. The fourth-order valence-electron chi connectivity index (χ4n) is 3.39. The van der Waals surface area contributed by atoms with Gasteiger partial charge in [-0.3, -0.25) is 9.89 Å². The average molecular weight is 387 g/mol. The minimum absolute atomic E-state index is 0.235. The van der Waals surface area contributed by atoms with Crippen LogP contribution in [0.15, 0.2) is 16.5 Å². The van der Waals surface area contributed by atoms with Crippen LogP contribution in [0.25, 0.3) is 10.6 Å². The van der Waals surface area contributed by atoms with Gasteiger partial charge in [-0.15, -0.1) is 23.1 Å². The fraction of sp³-hybridized carbons (Fsp3) is 0.500. The summed E-state index contributed by atoms with van der Waals surface area (Å²) in [6.07, 6.45) is 1.38. The van der Waals surface area contributed by atoms with Gasteiger partial charge in [0.1, 0.15) is 6.04 Å². The summed E-state index contributed by atoms with van der Waals surface area (Å²) in [6, 6.07) is -0.112. The molecular weight excluding hydrogens is 371 g/mol. The molecule has 25 heavy (non-hydrogen) atoms. The number of H-pyrrole nitrogens is 1. The summed E-state index contributed by atoms with van der Waals surface area (Å²) < 4.78 is 40.4. The van der Waals surface area contributed by atoms with E-state index < -0.39 is 18.1 Å². The number of carbonyl (C=O) groups is 1. The number of rotatable bonds is 3. The van der Waals surface area contributed by atoms with Crippen LogP contribution in [0, 0.1) is 0 Å². The van der Waals surface area contributed by atoms with E-state index in [1.165, 1.54) is 24.2 Å². The normalized spacial score (nSPS) is 21.4. The first-order valence-corrected chi connectivity index (χ1v) is 9.82. The Balaban J connectivity index is 1.77. The second-order valence-corrected chi connectivity index (χ2v) is 8.93. The number of alkyl halides is 3. The third kappa shape index (κ3) is 3.19. The van der Waals surface area contributed by atoms with E-state index in [1.807, 2.05) is 0 Å². The minimum Gasteiger partial charge on any atom is -0.340 e. The zero-order chi connectivity index (χ0) is 17.6. The number of amides is 1. The van der Waals surface area contributed by atoms with Crippen LogP contribution in [0.5, 0.6) is 0 Å². The number of thioether (sulfide) groups is 1. The number of nitrogens with one attached hydrogen (secondary N) is 2. The molecule has 9 heteroatoms. The Morgan fingerprint density at radius 3 is 2.68 bits per heavy atom. The Bertz CT molecular complexity index is 779. The number of carbonyl (C=O) groups excluding carboxylic acids is 1. The molecular formula is C16H16F3N3OS2. The maximum atomic E-state index is 13.2. The minimum atomic E-state index is -4.46. The van der Waals surface area contributed by atoms with Gasteiger partial charge < -0.3 is 5.32 Å². The van der Waals surface area contributed by atoms with Crippen LogP contribution in [0.3, 0.4) is 0 Å². The Morgan fingerprint density at radius 1 is 1.28 bits per heavy atom. The largest absolute Gasteiger partial charge is 0.408 e. The number of halogens is 3. The molecule has 0 spiro atoms. The molecule has 1 saturated carbocycles. The lowest BCUT2D eigenvalue weighted by Crippen LogP contribution is -2.50. The van der Waals surface area contributed by atoms with Crippen LogP contribution >= 0.6 is 23.1 Å². The van der Waals surface area contributed by atoms with Gasteiger partial charge in [-0.1, -0.05) is 12.8 Å². The number of thiophene rings is 1. The van der Waals surface area contributed by atoms with Gasteiger partial charge in [0.2, 0.25) is 0 Å². The molecule has 4 rings (SSSR count). The van der Waals surface area contributed by atoms with E-state index in [4.69, 9.17) is 0 Å². The lowest BCUT2D eigenvalue weighted by atomic mass is 9.96. The molecule has 2 aromatic heterocycles. The molecule has 1 aliphatic carbocycles. The van der Waals surface area contributed by atoms with Crippen molar-refractivity contribution in [3.05, 3.63) is 23.4 Å². The van der Waals surface area contributed by atoms with Gasteiger partial charge in [0.15, 0.2) is 0 Å². The van der Waals surface area contributed by atoms with Crippen LogP contribution in [-0.2, 0) is 6.42 Å². The van der Waals surface area contributed by atoms with Gasteiger partial charge >= 0.3 is 6.18 Å². The summed E-state index contributed by atoms with van der Waals surface area (Å²) in [4.78, 5) is 13.2. The van der Waals surface area contributed by atoms with E-state index in [2.05, 4.69) is 15.5 Å².